The monoisotopic (exact) mass is 182 g/mol. The van der Waals surface area contributed by atoms with Crippen molar-refractivity contribution in [2.45, 2.75) is 47.0 Å². The van der Waals surface area contributed by atoms with Crippen molar-refractivity contribution < 1.29 is 4.79 Å². The highest BCUT2D eigenvalue weighted by Gasteiger charge is 2.18. The second-order valence-electron chi connectivity index (χ2n) is 3.65. The van der Waals surface area contributed by atoms with Crippen molar-refractivity contribution in [2.24, 2.45) is 11.8 Å². The largest absolute Gasteiger partial charge is 0.295 e. The van der Waals surface area contributed by atoms with Gasteiger partial charge in [0.25, 0.3) is 0 Å². The summed E-state index contributed by atoms with van der Waals surface area (Å²) in [5.74, 6) is 1.70. The molecule has 0 aromatic heterocycles. The molecule has 2 unspecified atom stereocenters. The van der Waals surface area contributed by atoms with Gasteiger partial charge >= 0.3 is 0 Å². The molecule has 0 radical (unpaired) electrons. The predicted octanol–water partition coefficient (Wildman–Crippen LogP) is 3.59. The van der Waals surface area contributed by atoms with Crippen LogP contribution >= 0.6 is 0 Å². The van der Waals surface area contributed by atoms with Crippen LogP contribution in [0.4, 0.5) is 0 Å². The summed E-state index contributed by atoms with van der Waals surface area (Å²) < 4.78 is 0. The summed E-state index contributed by atoms with van der Waals surface area (Å²) in [7, 11) is 0. The van der Waals surface area contributed by atoms with Crippen molar-refractivity contribution >= 4 is 5.78 Å². The average molecular weight is 182 g/mol. The Morgan fingerprint density at radius 1 is 1.31 bits per heavy atom. The van der Waals surface area contributed by atoms with Crippen LogP contribution < -0.4 is 0 Å². The third-order valence-corrected chi connectivity index (χ3v) is 2.34. The third-order valence-electron chi connectivity index (χ3n) is 2.34. The normalized spacial score (nSPS) is 27.1. The van der Waals surface area contributed by atoms with Crippen molar-refractivity contribution in [3.05, 3.63) is 12.2 Å². The Kier molecular flexibility index (Phi) is 6.56. The number of hydrogen-bond donors (Lipinski definition) is 0. The molecule has 1 rings (SSSR count). The summed E-state index contributed by atoms with van der Waals surface area (Å²) in [4.78, 5) is 10.6. The van der Waals surface area contributed by atoms with E-state index in [1.807, 2.05) is 13.8 Å². The van der Waals surface area contributed by atoms with Crippen molar-refractivity contribution in [3.63, 3.8) is 0 Å². The molecule has 1 nitrogen and oxygen atoms in total. The molecule has 76 valence electrons. The van der Waals surface area contributed by atoms with Gasteiger partial charge in [-0.25, -0.2) is 0 Å². The Morgan fingerprint density at radius 2 is 1.92 bits per heavy atom. The Labute approximate surface area is 82.2 Å². The molecule has 1 aliphatic carbocycles. The lowest BCUT2D eigenvalue weighted by atomic mass is 10.1. The highest BCUT2D eigenvalue weighted by atomic mass is 16.1. The van der Waals surface area contributed by atoms with Crippen molar-refractivity contribution in [3.8, 4) is 0 Å². The summed E-state index contributed by atoms with van der Waals surface area (Å²) >= 11 is 0. The molecular weight excluding hydrogens is 160 g/mol. The third kappa shape index (κ3) is 5.62. The van der Waals surface area contributed by atoms with Gasteiger partial charge in [-0.2, -0.15) is 0 Å². The van der Waals surface area contributed by atoms with Gasteiger partial charge in [-0.1, -0.05) is 33.3 Å². The molecule has 0 aromatic rings. The Hall–Kier alpha value is -0.590. The van der Waals surface area contributed by atoms with Gasteiger partial charge in [0, 0.05) is 0 Å². The number of ketones is 1. The molecule has 0 heterocycles. The van der Waals surface area contributed by atoms with Crippen LogP contribution in [-0.2, 0) is 4.79 Å². The first-order valence-electron chi connectivity index (χ1n) is 5.37. The van der Waals surface area contributed by atoms with Crippen LogP contribution in [0.5, 0.6) is 0 Å². The summed E-state index contributed by atoms with van der Waals surface area (Å²) in [6.45, 7) is 7.89. The van der Waals surface area contributed by atoms with E-state index in [0.717, 1.165) is 5.92 Å². The fraction of sp³-hybridized carbons (Fsp3) is 0.750. The van der Waals surface area contributed by atoms with Gasteiger partial charge in [0.15, 0.2) is 5.78 Å². The van der Waals surface area contributed by atoms with Crippen LogP contribution in [0.1, 0.15) is 47.0 Å². The van der Waals surface area contributed by atoms with E-state index in [-0.39, 0.29) is 5.78 Å². The van der Waals surface area contributed by atoms with Gasteiger partial charge in [-0.15, -0.1) is 0 Å². The maximum Gasteiger partial charge on any atom is 0.152 e. The van der Waals surface area contributed by atoms with Crippen LogP contribution in [0.3, 0.4) is 0 Å². The number of carbonyl (C=O) groups is 1. The van der Waals surface area contributed by atoms with Crippen molar-refractivity contribution in [1.29, 1.82) is 0 Å². The van der Waals surface area contributed by atoms with Gasteiger partial charge in [0.1, 0.15) is 0 Å². The lowest BCUT2D eigenvalue weighted by Gasteiger charge is -2.00. The first-order valence-corrected chi connectivity index (χ1v) is 5.37. The van der Waals surface area contributed by atoms with Gasteiger partial charge in [0.05, 0.1) is 0 Å². The maximum atomic E-state index is 10.6. The zero-order valence-corrected chi connectivity index (χ0v) is 9.34. The number of carbonyl (C=O) groups excluding carboxylic acids is 1. The first-order chi connectivity index (χ1) is 6.18. The fourth-order valence-electron chi connectivity index (χ4n) is 1.70. The smallest absolute Gasteiger partial charge is 0.152 e. The molecule has 0 spiro atoms. The van der Waals surface area contributed by atoms with Crippen LogP contribution in [0.2, 0.25) is 0 Å². The number of allylic oxidation sites excluding steroid dienone is 2. The van der Waals surface area contributed by atoms with Gasteiger partial charge in [-0.05, 0) is 37.7 Å². The lowest BCUT2D eigenvalue weighted by molar-refractivity contribution is -0.112. The minimum Gasteiger partial charge on any atom is -0.295 e. The second kappa shape index (κ2) is 6.88. The molecule has 0 saturated heterocycles. The topological polar surface area (TPSA) is 17.1 Å². The number of hydrogen-bond acceptors (Lipinski definition) is 1. The van der Waals surface area contributed by atoms with Crippen LogP contribution in [0, 0.1) is 11.8 Å². The van der Waals surface area contributed by atoms with Crippen LogP contribution in [0.15, 0.2) is 12.2 Å². The molecule has 1 saturated carbocycles. The molecule has 0 bridgehead atoms. The SMILES string of the molecule is CC.CC(=O)/C=C/C1CCC(C)C1. The lowest BCUT2D eigenvalue weighted by Crippen LogP contribution is -1.90. The standard InChI is InChI=1S/C10H16O.C2H6/c1-8-3-5-10(7-8)6-4-9(2)11;1-2/h4,6,8,10H,3,5,7H2,1-2H3;1-2H3/b6-4+;. The quantitative estimate of drug-likeness (QED) is 0.596. The molecule has 0 aromatic carbocycles. The Bertz CT molecular complexity index is 170. The Balaban J connectivity index is 0.000000671. The molecule has 13 heavy (non-hydrogen) atoms. The maximum absolute atomic E-state index is 10.6. The van der Waals surface area contributed by atoms with E-state index in [2.05, 4.69) is 13.0 Å². The molecule has 0 aliphatic heterocycles. The van der Waals surface area contributed by atoms with E-state index in [1.54, 1.807) is 13.0 Å². The summed E-state index contributed by atoms with van der Waals surface area (Å²) in [6.07, 6.45) is 7.65. The highest BCUT2D eigenvalue weighted by molar-refractivity contribution is 5.87. The van der Waals surface area contributed by atoms with E-state index in [1.165, 1.54) is 19.3 Å². The zero-order chi connectivity index (χ0) is 10.3. The Morgan fingerprint density at radius 3 is 2.31 bits per heavy atom. The van der Waals surface area contributed by atoms with E-state index < -0.39 is 0 Å². The van der Waals surface area contributed by atoms with Crippen molar-refractivity contribution in [1.82, 2.24) is 0 Å². The summed E-state index contributed by atoms with van der Waals surface area (Å²) in [5, 5.41) is 0. The average Bonchev–Trinajstić information content (AvgIpc) is 2.52. The molecule has 0 N–H and O–H groups in total. The summed E-state index contributed by atoms with van der Waals surface area (Å²) in [6, 6.07) is 0. The van der Waals surface area contributed by atoms with Gasteiger partial charge in [-0.3, -0.25) is 4.79 Å². The molecule has 1 heteroatoms. The van der Waals surface area contributed by atoms with Gasteiger partial charge < -0.3 is 0 Å². The molecule has 1 aliphatic rings. The highest BCUT2D eigenvalue weighted by Crippen LogP contribution is 2.30. The minimum atomic E-state index is 0.171. The predicted molar refractivity (Wildman–Crippen MR) is 57.7 cm³/mol. The van der Waals surface area contributed by atoms with E-state index in [4.69, 9.17) is 0 Å². The molecule has 2 atom stereocenters. The van der Waals surface area contributed by atoms with E-state index in [0.29, 0.717) is 5.92 Å². The molecule has 1 fully saturated rings. The second-order valence-corrected chi connectivity index (χ2v) is 3.65. The summed E-state index contributed by atoms with van der Waals surface area (Å²) in [5.41, 5.74) is 0. The van der Waals surface area contributed by atoms with Crippen LogP contribution in [-0.4, -0.2) is 5.78 Å². The first kappa shape index (κ1) is 12.4. The van der Waals surface area contributed by atoms with Gasteiger partial charge in [0.2, 0.25) is 0 Å². The van der Waals surface area contributed by atoms with Crippen molar-refractivity contribution in [2.75, 3.05) is 0 Å². The molecule has 0 amide bonds. The van der Waals surface area contributed by atoms with Crippen LogP contribution in [0.25, 0.3) is 0 Å². The number of rotatable bonds is 2. The zero-order valence-electron chi connectivity index (χ0n) is 9.34. The fourth-order valence-corrected chi connectivity index (χ4v) is 1.70. The molecular formula is C12H22O. The minimum absolute atomic E-state index is 0.171. The van der Waals surface area contributed by atoms with E-state index in [9.17, 15) is 4.79 Å². The van der Waals surface area contributed by atoms with E-state index >= 15 is 0 Å².